The fraction of sp³-hybridized carbons (Fsp3) is 0.111. The zero-order chi connectivity index (χ0) is 16.2. The standard InChI is InChI=1S/C18H16ClN3O/c1-13(14-5-3-2-4-6-14)21-18(23)15-11-20-22(12-15)17-9-7-16(19)8-10-17/h2-13H,1H3,(H,21,23)/t13-/m1/s1. The van der Waals surface area contributed by atoms with Gasteiger partial charge in [-0.3, -0.25) is 4.79 Å². The predicted molar refractivity (Wildman–Crippen MR) is 90.9 cm³/mol. The highest BCUT2D eigenvalue weighted by atomic mass is 35.5. The van der Waals surface area contributed by atoms with E-state index in [1.54, 1.807) is 29.2 Å². The normalized spacial score (nSPS) is 11.9. The van der Waals surface area contributed by atoms with Crippen molar-refractivity contribution in [1.82, 2.24) is 15.1 Å². The largest absolute Gasteiger partial charge is 0.345 e. The molecular weight excluding hydrogens is 310 g/mol. The lowest BCUT2D eigenvalue weighted by Crippen LogP contribution is -2.26. The number of benzene rings is 2. The summed E-state index contributed by atoms with van der Waals surface area (Å²) in [5.74, 6) is -0.151. The van der Waals surface area contributed by atoms with Gasteiger partial charge in [0.15, 0.2) is 0 Å². The minimum atomic E-state index is -0.151. The van der Waals surface area contributed by atoms with E-state index in [0.29, 0.717) is 10.6 Å². The van der Waals surface area contributed by atoms with Crippen LogP contribution in [0.25, 0.3) is 5.69 Å². The number of halogens is 1. The molecule has 1 aromatic heterocycles. The molecule has 1 N–H and O–H groups in total. The second-order valence-electron chi connectivity index (χ2n) is 5.26. The van der Waals surface area contributed by atoms with E-state index >= 15 is 0 Å². The smallest absolute Gasteiger partial charge is 0.254 e. The molecule has 0 saturated heterocycles. The maximum absolute atomic E-state index is 12.3. The van der Waals surface area contributed by atoms with E-state index in [-0.39, 0.29) is 11.9 Å². The van der Waals surface area contributed by atoms with Crippen LogP contribution in [0.3, 0.4) is 0 Å². The van der Waals surface area contributed by atoms with Gasteiger partial charge in [0, 0.05) is 11.2 Å². The predicted octanol–water partition coefficient (Wildman–Crippen LogP) is 4.02. The maximum Gasteiger partial charge on any atom is 0.254 e. The second-order valence-corrected chi connectivity index (χ2v) is 5.69. The topological polar surface area (TPSA) is 46.9 Å². The summed E-state index contributed by atoms with van der Waals surface area (Å²) < 4.78 is 1.65. The Kier molecular flexibility index (Phi) is 4.44. The van der Waals surface area contributed by atoms with E-state index in [0.717, 1.165) is 11.3 Å². The van der Waals surface area contributed by atoms with Crippen molar-refractivity contribution in [2.45, 2.75) is 13.0 Å². The van der Waals surface area contributed by atoms with E-state index < -0.39 is 0 Å². The quantitative estimate of drug-likeness (QED) is 0.787. The van der Waals surface area contributed by atoms with Crippen LogP contribution in [0, 0.1) is 0 Å². The van der Waals surface area contributed by atoms with Crippen LogP contribution in [0.2, 0.25) is 5.02 Å². The van der Waals surface area contributed by atoms with Crippen LogP contribution in [-0.4, -0.2) is 15.7 Å². The Morgan fingerprint density at radius 1 is 1.13 bits per heavy atom. The van der Waals surface area contributed by atoms with Crippen LogP contribution in [0.4, 0.5) is 0 Å². The summed E-state index contributed by atoms with van der Waals surface area (Å²) >= 11 is 5.88. The number of amides is 1. The fourth-order valence-corrected chi connectivity index (χ4v) is 2.41. The van der Waals surface area contributed by atoms with Gasteiger partial charge >= 0.3 is 0 Å². The summed E-state index contributed by atoms with van der Waals surface area (Å²) in [7, 11) is 0. The molecule has 1 amide bonds. The van der Waals surface area contributed by atoms with E-state index in [9.17, 15) is 4.79 Å². The van der Waals surface area contributed by atoms with Crippen LogP contribution in [0.1, 0.15) is 28.9 Å². The molecule has 2 aromatic carbocycles. The van der Waals surface area contributed by atoms with Crippen LogP contribution < -0.4 is 5.32 Å². The molecule has 0 aliphatic carbocycles. The molecular formula is C18H16ClN3O. The molecule has 0 bridgehead atoms. The minimum absolute atomic E-state index is 0.0671. The Balaban J connectivity index is 1.72. The van der Waals surface area contributed by atoms with Crippen LogP contribution in [0.5, 0.6) is 0 Å². The second kappa shape index (κ2) is 6.67. The highest BCUT2D eigenvalue weighted by molar-refractivity contribution is 6.30. The van der Waals surface area contributed by atoms with E-state index in [1.807, 2.05) is 49.4 Å². The van der Waals surface area contributed by atoms with Gasteiger partial charge in [0.1, 0.15) is 0 Å². The zero-order valence-corrected chi connectivity index (χ0v) is 13.4. The molecule has 1 heterocycles. The van der Waals surface area contributed by atoms with Gasteiger partial charge in [-0.2, -0.15) is 5.10 Å². The lowest BCUT2D eigenvalue weighted by molar-refractivity contribution is 0.0940. The van der Waals surface area contributed by atoms with Gasteiger partial charge in [-0.05, 0) is 36.8 Å². The van der Waals surface area contributed by atoms with Crippen molar-refractivity contribution in [3.05, 3.63) is 83.1 Å². The molecule has 5 heteroatoms. The molecule has 0 spiro atoms. The first-order chi connectivity index (χ1) is 11.1. The number of hydrogen-bond acceptors (Lipinski definition) is 2. The van der Waals surface area contributed by atoms with Crippen molar-refractivity contribution in [2.24, 2.45) is 0 Å². The van der Waals surface area contributed by atoms with Crippen LogP contribution in [-0.2, 0) is 0 Å². The number of nitrogens with zero attached hydrogens (tertiary/aromatic N) is 2. The fourth-order valence-electron chi connectivity index (χ4n) is 2.28. The third-order valence-corrected chi connectivity index (χ3v) is 3.84. The van der Waals surface area contributed by atoms with Gasteiger partial charge in [-0.25, -0.2) is 4.68 Å². The minimum Gasteiger partial charge on any atom is -0.345 e. The van der Waals surface area contributed by atoms with Crippen molar-refractivity contribution in [3.8, 4) is 5.69 Å². The van der Waals surface area contributed by atoms with Gasteiger partial charge in [0.25, 0.3) is 5.91 Å². The number of carbonyl (C=O) groups is 1. The number of hydrogen-bond donors (Lipinski definition) is 1. The van der Waals surface area contributed by atoms with Crippen molar-refractivity contribution in [3.63, 3.8) is 0 Å². The van der Waals surface area contributed by atoms with Gasteiger partial charge in [0.2, 0.25) is 0 Å². The molecule has 3 aromatic rings. The third-order valence-electron chi connectivity index (χ3n) is 3.58. The van der Waals surface area contributed by atoms with E-state index in [4.69, 9.17) is 11.6 Å². The summed E-state index contributed by atoms with van der Waals surface area (Å²) in [6.45, 7) is 1.96. The molecule has 4 nitrogen and oxygen atoms in total. The number of nitrogens with one attached hydrogen (secondary N) is 1. The molecule has 3 rings (SSSR count). The molecule has 0 aliphatic heterocycles. The average Bonchev–Trinajstić information content (AvgIpc) is 3.06. The Morgan fingerprint density at radius 3 is 2.52 bits per heavy atom. The van der Waals surface area contributed by atoms with E-state index in [2.05, 4.69) is 10.4 Å². The SMILES string of the molecule is C[C@@H](NC(=O)c1cnn(-c2ccc(Cl)cc2)c1)c1ccccc1. The Morgan fingerprint density at radius 2 is 1.83 bits per heavy atom. The maximum atomic E-state index is 12.3. The van der Waals surface area contributed by atoms with Crippen molar-refractivity contribution < 1.29 is 4.79 Å². The summed E-state index contributed by atoms with van der Waals surface area (Å²) in [4.78, 5) is 12.3. The molecule has 1 atom stereocenters. The lowest BCUT2D eigenvalue weighted by Gasteiger charge is -2.13. The average molecular weight is 326 g/mol. The number of aromatic nitrogens is 2. The van der Waals surface area contributed by atoms with Gasteiger partial charge < -0.3 is 5.32 Å². The third kappa shape index (κ3) is 3.60. The molecule has 0 saturated carbocycles. The summed E-state index contributed by atoms with van der Waals surface area (Å²) in [5, 5.41) is 7.87. The number of rotatable bonds is 4. The van der Waals surface area contributed by atoms with E-state index in [1.165, 1.54) is 0 Å². The molecule has 0 aliphatic rings. The molecule has 0 unspecified atom stereocenters. The Hall–Kier alpha value is -2.59. The Labute approximate surface area is 139 Å². The Bertz CT molecular complexity index is 797. The van der Waals surface area contributed by atoms with Crippen molar-refractivity contribution >= 4 is 17.5 Å². The van der Waals surface area contributed by atoms with Crippen molar-refractivity contribution in [2.75, 3.05) is 0 Å². The molecule has 23 heavy (non-hydrogen) atoms. The first kappa shape index (κ1) is 15.3. The van der Waals surface area contributed by atoms with Crippen molar-refractivity contribution in [1.29, 1.82) is 0 Å². The first-order valence-electron chi connectivity index (χ1n) is 7.30. The van der Waals surface area contributed by atoms with Gasteiger partial charge in [-0.15, -0.1) is 0 Å². The zero-order valence-electron chi connectivity index (χ0n) is 12.6. The highest BCUT2D eigenvalue weighted by Crippen LogP contribution is 2.15. The van der Waals surface area contributed by atoms with Gasteiger partial charge in [-0.1, -0.05) is 41.9 Å². The number of carbonyl (C=O) groups excluding carboxylic acids is 1. The molecule has 116 valence electrons. The summed E-state index contributed by atoms with van der Waals surface area (Å²) in [6.07, 6.45) is 3.26. The monoisotopic (exact) mass is 325 g/mol. The molecule has 0 fully saturated rings. The first-order valence-corrected chi connectivity index (χ1v) is 7.68. The summed E-state index contributed by atoms with van der Waals surface area (Å²) in [5.41, 5.74) is 2.43. The van der Waals surface area contributed by atoms with Gasteiger partial charge in [0.05, 0.1) is 23.5 Å². The molecule has 0 radical (unpaired) electrons. The van der Waals surface area contributed by atoms with Crippen LogP contribution >= 0.6 is 11.6 Å². The lowest BCUT2D eigenvalue weighted by atomic mass is 10.1. The summed E-state index contributed by atoms with van der Waals surface area (Å²) in [6, 6.07) is 17.0. The highest BCUT2D eigenvalue weighted by Gasteiger charge is 2.13. The van der Waals surface area contributed by atoms with Crippen LogP contribution in [0.15, 0.2) is 67.0 Å².